The molecule has 1 aromatic carbocycles. The number of hydrogen-bond donors (Lipinski definition) is 2. The van der Waals surface area contributed by atoms with E-state index in [-0.39, 0.29) is 6.04 Å². The highest BCUT2D eigenvalue weighted by atomic mass is 32.1. The van der Waals surface area contributed by atoms with E-state index in [4.69, 9.17) is 4.74 Å². The maximum absolute atomic E-state index is 5.38. The molecule has 0 aliphatic heterocycles. The number of nitrogens with zero attached hydrogens (tertiary/aromatic N) is 2. The minimum Gasteiger partial charge on any atom is -0.497 e. The van der Waals surface area contributed by atoms with Crippen molar-refractivity contribution in [3.05, 3.63) is 71.6 Å². The summed E-state index contributed by atoms with van der Waals surface area (Å²) in [5, 5.41) is 7.47. The van der Waals surface area contributed by atoms with Crippen LogP contribution in [0.1, 0.15) is 17.2 Å². The molecule has 3 heterocycles. The van der Waals surface area contributed by atoms with Crippen molar-refractivity contribution in [3.8, 4) is 5.75 Å². The summed E-state index contributed by atoms with van der Waals surface area (Å²) in [6.07, 6.45) is 7.49. The number of aromatic nitrogens is 3. The van der Waals surface area contributed by atoms with E-state index >= 15 is 0 Å². The number of aromatic amines is 1. The molecule has 0 radical (unpaired) electrons. The van der Waals surface area contributed by atoms with Gasteiger partial charge in [-0.25, -0.2) is 4.98 Å². The van der Waals surface area contributed by atoms with E-state index in [0.29, 0.717) is 0 Å². The maximum Gasteiger partial charge on any atom is 0.183 e. The van der Waals surface area contributed by atoms with E-state index in [0.717, 1.165) is 32.9 Å². The number of ether oxygens (including phenoxy) is 1. The molecule has 2 N–H and O–H groups in total. The van der Waals surface area contributed by atoms with Crippen LogP contribution in [0.4, 0.5) is 5.13 Å². The molecule has 6 heteroatoms. The van der Waals surface area contributed by atoms with Crippen LogP contribution in [0, 0.1) is 0 Å². The Morgan fingerprint density at radius 3 is 2.96 bits per heavy atom. The predicted octanol–water partition coefficient (Wildman–Crippen LogP) is 4.23. The van der Waals surface area contributed by atoms with Crippen molar-refractivity contribution in [1.29, 1.82) is 0 Å². The van der Waals surface area contributed by atoms with Gasteiger partial charge in [0, 0.05) is 46.6 Å². The summed E-state index contributed by atoms with van der Waals surface area (Å²) >= 11 is 1.58. The monoisotopic (exact) mass is 336 g/mol. The van der Waals surface area contributed by atoms with Crippen molar-refractivity contribution in [2.45, 2.75) is 6.04 Å². The first-order chi connectivity index (χ1) is 11.8. The summed E-state index contributed by atoms with van der Waals surface area (Å²) < 4.78 is 5.38. The van der Waals surface area contributed by atoms with Crippen molar-refractivity contribution in [3.63, 3.8) is 0 Å². The van der Waals surface area contributed by atoms with Crippen LogP contribution in [0.15, 0.2) is 60.5 Å². The van der Waals surface area contributed by atoms with Crippen LogP contribution in [0.5, 0.6) is 5.75 Å². The minimum atomic E-state index is -0.0503. The third kappa shape index (κ3) is 2.72. The molecule has 0 aliphatic rings. The van der Waals surface area contributed by atoms with Gasteiger partial charge >= 0.3 is 0 Å². The quantitative estimate of drug-likeness (QED) is 0.572. The number of pyridine rings is 1. The molecule has 24 heavy (non-hydrogen) atoms. The fourth-order valence-corrected chi connectivity index (χ4v) is 3.35. The maximum atomic E-state index is 5.38. The smallest absolute Gasteiger partial charge is 0.183 e. The number of rotatable bonds is 5. The Balaban J connectivity index is 1.84. The van der Waals surface area contributed by atoms with Gasteiger partial charge in [-0.2, -0.15) is 0 Å². The fraction of sp³-hybridized carbons (Fsp3) is 0.111. The topological polar surface area (TPSA) is 62.8 Å². The summed E-state index contributed by atoms with van der Waals surface area (Å²) in [5.74, 6) is 0.836. The van der Waals surface area contributed by atoms with Crippen LogP contribution < -0.4 is 10.1 Å². The van der Waals surface area contributed by atoms with Crippen LogP contribution in [-0.2, 0) is 0 Å². The number of H-pyrrole nitrogens is 1. The Morgan fingerprint density at radius 1 is 1.25 bits per heavy atom. The second kappa shape index (κ2) is 6.33. The average Bonchev–Trinajstić information content (AvgIpc) is 3.29. The van der Waals surface area contributed by atoms with Crippen molar-refractivity contribution in [2.75, 3.05) is 12.4 Å². The Morgan fingerprint density at radius 2 is 2.21 bits per heavy atom. The molecule has 0 spiro atoms. The van der Waals surface area contributed by atoms with Crippen LogP contribution in [0.3, 0.4) is 0 Å². The van der Waals surface area contributed by atoms with Crippen LogP contribution in [0.25, 0.3) is 10.9 Å². The van der Waals surface area contributed by atoms with Crippen LogP contribution in [0.2, 0.25) is 0 Å². The number of thiazole rings is 1. The first-order valence-electron chi connectivity index (χ1n) is 7.56. The number of hydrogen-bond acceptors (Lipinski definition) is 5. The number of fused-ring (bicyclic) bond motifs is 1. The lowest BCUT2D eigenvalue weighted by atomic mass is 9.99. The van der Waals surface area contributed by atoms with Gasteiger partial charge in [0.25, 0.3) is 0 Å². The Bertz CT molecular complexity index is 934. The Kier molecular flexibility index (Phi) is 3.88. The molecule has 3 aromatic heterocycles. The van der Waals surface area contributed by atoms with Gasteiger partial charge in [0.1, 0.15) is 5.75 Å². The molecule has 1 atom stereocenters. The summed E-state index contributed by atoms with van der Waals surface area (Å²) in [6, 6.07) is 10.00. The third-order valence-corrected chi connectivity index (χ3v) is 4.65. The Labute approximate surface area is 143 Å². The summed E-state index contributed by atoms with van der Waals surface area (Å²) in [7, 11) is 1.68. The highest BCUT2D eigenvalue weighted by Gasteiger charge is 2.19. The zero-order valence-corrected chi connectivity index (χ0v) is 13.9. The van der Waals surface area contributed by atoms with Gasteiger partial charge in [-0.15, -0.1) is 11.3 Å². The molecule has 0 saturated carbocycles. The molecular formula is C18H16N4OS. The lowest BCUT2D eigenvalue weighted by Gasteiger charge is -2.18. The first kappa shape index (κ1) is 14.7. The fourth-order valence-electron chi connectivity index (χ4n) is 2.79. The third-order valence-electron chi connectivity index (χ3n) is 3.95. The number of anilines is 1. The van der Waals surface area contributed by atoms with Gasteiger partial charge in [0.15, 0.2) is 5.13 Å². The van der Waals surface area contributed by atoms with Gasteiger partial charge < -0.3 is 15.0 Å². The molecule has 4 rings (SSSR count). The van der Waals surface area contributed by atoms with Crippen LogP contribution >= 0.6 is 11.3 Å². The van der Waals surface area contributed by atoms with Crippen molar-refractivity contribution >= 4 is 27.4 Å². The summed E-state index contributed by atoms with van der Waals surface area (Å²) in [6.45, 7) is 0. The van der Waals surface area contributed by atoms with Gasteiger partial charge in [0.2, 0.25) is 0 Å². The van der Waals surface area contributed by atoms with Crippen LogP contribution in [-0.4, -0.2) is 22.1 Å². The van der Waals surface area contributed by atoms with Crippen molar-refractivity contribution in [2.24, 2.45) is 0 Å². The van der Waals surface area contributed by atoms with Gasteiger partial charge in [-0.1, -0.05) is 6.07 Å². The SMILES string of the molecule is COc1ccc2[nH]cc(C(Nc3nccs3)c3cccnc3)c2c1. The zero-order chi connectivity index (χ0) is 16.4. The molecule has 0 saturated heterocycles. The summed E-state index contributed by atoms with van der Waals surface area (Å²) in [4.78, 5) is 12.0. The van der Waals surface area contributed by atoms with E-state index in [2.05, 4.69) is 26.3 Å². The van der Waals surface area contributed by atoms with E-state index in [1.165, 1.54) is 0 Å². The first-order valence-corrected chi connectivity index (χ1v) is 8.44. The molecule has 0 aliphatic carbocycles. The van der Waals surface area contributed by atoms with E-state index < -0.39 is 0 Å². The molecule has 0 amide bonds. The van der Waals surface area contributed by atoms with Gasteiger partial charge in [0.05, 0.1) is 13.2 Å². The summed E-state index contributed by atoms with van der Waals surface area (Å²) in [5.41, 5.74) is 3.28. The Hall–Kier alpha value is -2.86. The standard InChI is InChI=1S/C18H16N4OS/c1-23-13-4-5-16-14(9-13)15(11-21-16)17(12-3-2-6-19-10-12)22-18-20-7-8-24-18/h2-11,17,21H,1H3,(H,20,22). The average molecular weight is 336 g/mol. The lowest BCUT2D eigenvalue weighted by molar-refractivity contribution is 0.415. The second-order valence-corrected chi connectivity index (χ2v) is 6.25. The van der Waals surface area contributed by atoms with E-state index in [9.17, 15) is 0 Å². The van der Waals surface area contributed by atoms with Gasteiger partial charge in [-0.3, -0.25) is 4.98 Å². The molecule has 0 fully saturated rings. The molecule has 120 valence electrons. The lowest BCUT2D eigenvalue weighted by Crippen LogP contribution is -2.12. The highest BCUT2D eigenvalue weighted by Crippen LogP contribution is 2.33. The molecule has 4 aromatic rings. The molecular weight excluding hydrogens is 320 g/mol. The van der Waals surface area contributed by atoms with Gasteiger partial charge in [-0.05, 0) is 29.8 Å². The predicted molar refractivity (Wildman–Crippen MR) is 96.7 cm³/mol. The van der Waals surface area contributed by atoms with Crippen molar-refractivity contribution < 1.29 is 4.74 Å². The minimum absolute atomic E-state index is 0.0503. The normalized spacial score (nSPS) is 12.2. The zero-order valence-electron chi connectivity index (χ0n) is 13.1. The number of benzene rings is 1. The van der Waals surface area contributed by atoms with E-state index in [1.54, 1.807) is 30.8 Å². The number of nitrogens with one attached hydrogen (secondary N) is 2. The molecule has 1 unspecified atom stereocenters. The second-order valence-electron chi connectivity index (χ2n) is 5.36. The largest absolute Gasteiger partial charge is 0.497 e. The highest BCUT2D eigenvalue weighted by molar-refractivity contribution is 7.13. The van der Waals surface area contributed by atoms with E-state index in [1.807, 2.05) is 42.0 Å². The van der Waals surface area contributed by atoms with Crippen molar-refractivity contribution in [1.82, 2.24) is 15.0 Å². The molecule has 5 nitrogen and oxygen atoms in total. The molecule has 0 bridgehead atoms. The number of methoxy groups -OCH3 is 1.